The third kappa shape index (κ3) is 7.21. The molecule has 178 valence electrons. The highest BCUT2D eigenvalue weighted by atomic mass is 32.2. The molecule has 7 nitrogen and oxygen atoms in total. The van der Waals surface area contributed by atoms with Gasteiger partial charge in [-0.25, -0.2) is 4.98 Å². The monoisotopic (exact) mass is 477 g/mol. The maximum atomic E-state index is 8.40. The van der Waals surface area contributed by atoms with Crippen molar-refractivity contribution in [1.29, 1.82) is 10.8 Å². The second-order valence-electron chi connectivity index (χ2n) is 8.01. The molecule has 0 fully saturated rings. The van der Waals surface area contributed by atoms with Gasteiger partial charge < -0.3 is 14.8 Å². The fourth-order valence-corrected chi connectivity index (χ4v) is 4.01. The van der Waals surface area contributed by atoms with Crippen LogP contribution in [0.25, 0.3) is 11.3 Å². The Bertz CT molecular complexity index is 1120. The topological polar surface area (TPSA) is 104 Å². The lowest BCUT2D eigenvalue weighted by atomic mass is 10.1. The molecule has 0 aliphatic heterocycles. The molecule has 0 unspecified atom stereocenters. The van der Waals surface area contributed by atoms with E-state index in [9.17, 15) is 0 Å². The number of aryl methyl sites for hydroxylation is 1. The maximum Gasteiger partial charge on any atom is 0.241 e. The molecule has 0 saturated carbocycles. The maximum absolute atomic E-state index is 8.40. The SMILES string of the molecule is COCCNCc1ccc(C(=N)OC(=N)c2nc(-c3ccc(SC(C)C)cc3)cnc2C)cc1. The molecule has 3 N–H and O–H groups in total. The van der Waals surface area contributed by atoms with Crippen LogP contribution in [0.5, 0.6) is 0 Å². The number of methoxy groups -OCH3 is 1. The number of ether oxygens (including phenoxy) is 2. The second-order valence-corrected chi connectivity index (χ2v) is 9.66. The zero-order valence-electron chi connectivity index (χ0n) is 20.0. The van der Waals surface area contributed by atoms with Crippen molar-refractivity contribution in [3.05, 3.63) is 77.2 Å². The smallest absolute Gasteiger partial charge is 0.241 e. The Morgan fingerprint density at radius 2 is 1.74 bits per heavy atom. The van der Waals surface area contributed by atoms with Crippen LogP contribution >= 0.6 is 11.8 Å². The third-order valence-electron chi connectivity index (χ3n) is 4.92. The first-order valence-corrected chi connectivity index (χ1v) is 12.0. The standard InChI is InChI=1S/C26H31N5O2S/c1-17(2)34-22-11-9-20(10-12-22)23-16-30-18(3)24(31-23)26(28)33-25(27)21-7-5-19(6-8-21)15-29-13-14-32-4/h5-12,16-17,27-29H,13-15H2,1-4H3. The summed E-state index contributed by atoms with van der Waals surface area (Å²) in [6.45, 7) is 8.25. The number of nitrogens with one attached hydrogen (secondary N) is 3. The van der Waals surface area contributed by atoms with Gasteiger partial charge in [0.2, 0.25) is 11.8 Å². The molecule has 3 rings (SSSR count). The molecule has 0 radical (unpaired) electrons. The molecule has 8 heteroatoms. The van der Waals surface area contributed by atoms with Crippen molar-refractivity contribution in [2.24, 2.45) is 0 Å². The Hall–Kier alpha value is -3.07. The van der Waals surface area contributed by atoms with E-state index in [1.807, 2.05) is 36.4 Å². The highest BCUT2D eigenvalue weighted by Gasteiger charge is 2.15. The van der Waals surface area contributed by atoms with Gasteiger partial charge >= 0.3 is 0 Å². The van der Waals surface area contributed by atoms with Crippen molar-refractivity contribution in [2.75, 3.05) is 20.3 Å². The molecule has 0 spiro atoms. The van der Waals surface area contributed by atoms with Gasteiger partial charge in [0.15, 0.2) is 0 Å². The first-order valence-electron chi connectivity index (χ1n) is 11.1. The first-order chi connectivity index (χ1) is 16.4. The minimum absolute atomic E-state index is 0.106. The second kappa shape index (κ2) is 12.4. The zero-order chi connectivity index (χ0) is 24.5. The number of thioether (sulfide) groups is 1. The largest absolute Gasteiger partial charge is 0.419 e. The number of rotatable bonds is 10. The minimum Gasteiger partial charge on any atom is -0.419 e. The zero-order valence-corrected chi connectivity index (χ0v) is 20.8. The van der Waals surface area contributed by atoms with E-state index in [1.165, 1.54) is 4.90 Å². The Morgan fingerprint density at radius 3 is 2.38 bits per heavy atom. The Morgan fingerprint density at radius 1 is 1.03 bits per heavy atom. The van der Waals surface area contributed by atoms with Crippen LogP contribution in [0, 0.1) is 17.7 Å². The van der Waals surface area contributed by atoms with E-state index >= 15 is 0 Å². The Kier molecular flexibility index (Phi) is 9.33. The number of hydrogen-bond donors (Lipinski definition) is 3. The first kappa shape index (κ1) is 25.6. The van der Waals surface area contributed by atoms with Gasteiger partial charge in [0.25, 0.3) is 0 Å². The average molecular weight is 478 g/mol. The summed E-state index contributed by atoms with van der Waals surface area (Å²) in [6.07, 6.45) is 1.70. The van der Waals surface area contributed by atoms with Gasteiger partial charge in [-0.05, 0) is 36.8 Å². The lowest BCUT2D eigenvalue weighted by Crippen LogP contribution is -2.19. The summed E-state index contributed by atoms with van der Waals surface area (Å²) < 4.78 is 10.6. The van der Waals surface area contributed by atoms with E-state index < -0.39 is 0 Å². The van der Waals surface area contributed by atoms with Crippen molar-refractivity contribution < 1.29 is 9.47 Å². The number of nitrogens with zero attached hydrogens (tertiary/aromatic N) is 2. The quantitative estimate of drug-likeness (QED) is 0.163. The van der Waals surface area contributed by atoms with Crippen LogP contribution in [0.3, 0.4) is 0 Å². The fourth-order valence-electron chi connectivity index (χ4n) is 3.17. The van der Waals surface area contributed by atoms with Crippen LogP contribution in [0.4, 0.5) is 0 Å². The fraction of sp³-hybridized carbons (Fsp3) is 0.308. The highest BCUT2D eigenvalue weighted by molar-refractivity contribution is 7.99. The normalized spacial score (nSPS) is 11.0. The van der Waals surface area contributed by atoms with Gasteiger partial charge in [0.1, 0.15) is 5.69 Å². The summed E-state index contributed by atoms with van der Waals surface area (Å²) in [4.78, 5) is 10.2. The lowest BCUT2D eigenvalue weighted by Gasteiger charge is -2.12. The minimum atomic E-state index is -0.200. The summed E-state index contributed by atoms with van der Waals surface area (Å²) in [5.41, 5.74) is 4.15. The average Bonchev–Trinajstić information content (AvgIpc) is 2.82. The van der Waals surface area contributed by atoms with Crippen molar-refractivity contribution in [1.82, 2.24) is 15.3 Å². The van der Waals surface area contributed by atoms with E-state index in [0.29, 0.717) is 41.0 Å². The van der Waals surface area contributed by atoms with E-state index in [0.717, 1.165) is 17.7 Å². The van der Waals surface area contributed by atoms with E-state index in [-0.39, 0.29) is 11.8 Å². The molecule has 1 aromatic heterocycles. The lowest BCUT2D eigenvalue weighted by molar-refractivity contribution is 0.199. The summed E-state index contributed by atoms with van der Waals surface area (Å²) in [5, 5.41) is 20.5. The van der Waals surface area contributed by atoms with Gasteiger partial charge in [0.05, 0.1) is 24.2 Å². The van der Waals surface area contributed by atoms with Crippen molar-refractivity contribution in [3.8, 4) is 11.3 Å². The number of benzene rings is 2. The van der Waals surface area contributed by atoms with E-state index in [4.69, 9.17) is 20.3 Å². The van der Waals surface area contributed by atoms with Crippen LogP contribution in [0.1, 0.15) is 36.4 Å². The summed E-state index contributed by atoms with van der Waals surface area (Å²) >= 11 is 1.80. The third-order valence-corrected chi connectivity index (χ3v) is 5.94. The molecule has 0 bridgehead atoms. The van der Waals surface area contributed by atoms with Gasteiger partial charge in [0, 0.05) is 41.5 Å². The van der Waals surface area contributed by atoms with Crippen molar-refractivity contribution >= 4 is 23.6 Å². The molecule has 0 amide bonds. The van der Waals surface area contributed by atoms with E-state index in [2.05, 4.69) is 41.3 Å². The molecule has 34 heavy (non-hydrogen) atoms. The molecule has 2 aromatic carbocycles. The molecule has 0 saturated heterocycles. The molecular weight excluding hydrogens is 446 g/mol. The van der Waals surface area contributed by atoms with Gasteiger partial charge in [-0.1, -0.05) is 38.1 Å². The predicted octanol–water partition coefficient (Wildman–Crippen LogP) is 5.06. The van der Waals surface area contributed by atoms with Gasteiger partial charge in [-0.15, -0.1) is 11.8 Å². The number of aromatic nitrogens is 2. The van der Waals surface area contributed by atoms with Crippen LogP contribution in [-0.2, 0) is 16.0 Å². The van der Waals surface area contributed by atoms with Gasteiger partial charge in [-0.3, -0.25) is 15.8 Å². The van der Waals surface area contributed by atoms with Gasteiger partial charge in [-0.2, -0.15) is 0 Å². The van der Waals surface area contributed by atoms with Crippen LogP contribution in [0.15, 0.2) is 59.6 Å². The molecule has 0 aliphatic rings. The predicted molar refractivity (Wildman–Crippen MR) is 138 cm³/mol. The summed E-state index contributed by atoms with van der Waals surface area (Å²) in [6, 6.07) is 15.6. The number of hydrogen-bond acceptors (Lipinski definition) is 8. The summed E-state index contributed by atoms with van der Waals surface area (Å²) in [7, 11) is 1.67. The molecule has 0 aliphatic carbocycles. The molecule has 3 aromatic rings. The van der Waals surface area contributed by atoms with E-state index in [1.54, 1.807) is 32.0 Å². The Labute approximate surface area is 205 Å². The molecule has 0 atom stereocenters. The van der Waals surface area contributed by atoms with Crippen LogP contribution in [0.2, 0.25) is 0 Å². The molecular formula is C26H31N5O2S. The van der Waals surface area contributed by atoms with Crippen molar-refractivity contribution in [3.63, 3.8) is 0 Å². The summed E-state index contributed by atoms with van der Waals surface area (Å²) in [5.74, 6) is -0.306. The van der Waals surface area contributed by atoms with Crippen molar-refractivity contribution in [2.45, 2.75) is 37.5 Å². The highest BCUT2D eigenvalue weighted by Crippen LogP contribution is 2.26. The molecule has 1 heterocycles. The van der Waals surface area contributed by atoms with Crippen LogP contribution < -0.4 is 5.32 Å². The Balaban J connectivity index is 1.67. The van der Waals surface area contributed by atoms with Crippen LogP contribution in [-0.4, -0.2) is 47.3 Å².